The molecule has 37 heavy (non-hydrogen) atoms. The van der Waals surface area contributed by atoms with Crippen LogP contribution in [0.15, 0.2) is 30.3 Å². The van der Waals surface area contributed by atoms with Crippen LogP contribution in [-0.2, 0) is 30.5 Å². The van der Waals surface area contributed by atoms with Crippen molar-refractivity contribution in [1.29, 1.82) is 0 Å². The molecule has 13 heteroatoms. The van der Waals surface area contributed by atoms with Crippen molar-refractivity contribution < 1.29 is 44.3 Å². The van der Waals surface area contributed by atoms with E-state index in [1.165, 1.54) is 14.7 Å². The molecule has 1 saturated heterocycles. The van der Waals surface area contributed by atoms with E-state index in [0.717, 1.165) is 5.56 Å². The van der Waals surface area contributed by atoms with Crippen LogP contribution in [0.5, 0.6) is 0 Å². The third-order valence-corrected chi connectivity index (χ3v) is 6.03. The van der Waals surface area contributed by atoms with Crippen molar-refractivity contribution in [3.05, 3.63) is 35.9 Å². The fraction of sp³-hybridized carbons (Fsp3) is 0.583. The zero-order valence-electron chi connectivity index (χ0n) is 20.6. The summed E-state index contributed by atoms with van der Waals surface area (Å²) < 4.78 is 5.64. The summed E-state index contributed by atoms with van der Waals surface area (Å²) >= 11 is 0. The molecule has 0 aromatic heterocycles. The molecule has 1 unspecified atom stereocenters. The zero-order valence-corrected chi connectivity index (χ0v) is 20.6. The second kappa shape index (κ2) is 15.9. The van der Waals surface area contributed by atoms with Gasteiger partial charge >= 0.3 is 0 Å². The van der Waals surface area contributed by atoms with Crippen LogP contribution in [0, 0.1) is 0 Å². The van der Waals surface area contributed by atoms with Crippen LogP contribution in [0.4, 0.5) is 0 Å². The minimum atomic E-state index is -1.38. The minimum absolute atomic E-state index is 0.111. The van der Waals surface area contributed by atoms with Crippen LogP contribution in [-0.4, -0.2) is 128 Å². The van der Waals surface area contributed by atoms with E-state index in [0.29, 0.717) is 0 Å². The molecule has 206 valence electrons. The first-order valence-electron chi connectivity index (χ1n) is 12.0. The Kier molecular flexibility index (Phi) is 12.9. The molecule has 1 aliphatic rings. The first-order chi connectivity index (χ1) is 17.6. The Balaban J connectivity index is 2.18. The summed E-state index contributed by atoms with van der Waals surface area (Å²) in [6.07, 6.45) is 0. The molecule has 1 fully saturated rings. The molecule has 0 amide bonds. The van der Waals surface area contributed by atoms with Gasteiger partial charge in [0.1, 0.15) is 0 Å². The lowest BCUT2D eigenvalue weighted by Gasteiger charge is -2.37. The second-order valence-electron chi connectivity index (χ2n) is 8.82. The maximum atomic E-state index is 12.0. The SMILES string of the molecule is O=C([O-])CN1CCN(CC(=O)[O-])CCN(C(COCc2ccccc2)C(=O)[O-])CCN(CC(=O)[O-])CC1. The molecule has 13 nitrogen and oxygen atoms in total. The van der Waals surface area contributed by atoms with Crippen LogP contribution in [0.3, 0.4) is 0 Å². The summed E-state index contributed by atoms with van der Waals surface area (Å²) in [4.78, 5) is 51.9. The summed E-state index contributed by atoms with van der Waals surface area (Å²) in [5.74, 6) is -5.34. The molecule has 0 N–H and O–H groups in total. The highest BCUT2D eigenvalue weighted by molar-refractivity contribution is 5.71. The lowest BCUT2D eigenvalue weighted by molar-refractivity contribution is -0.314. The second-order valence-corrected chi connectivity index (χ2v) is 8.82. The number of rotatable bonds is 12. The largest absolute Gasteiger partial charge is 0.549 e. The van der Waals surface area contributed by atoms with Gasteiger partial charge in [0.2, 0.25) is 0 Å². The number of hydrogen-bond acceptors (Lipinski definition) is 13. The highest BCUT2D eigenvalue weighted by Gasteiger charge is 2.23. The predicted octanol–water partition coefficient (Wildman–Crippen LogP) is -6.21. The lowest BCUT2D eigenvalue weighted by Crippen LogP contribution is -2.56. The van der Waals surface area contributed by atoms with Gasteiger partial charge < -0.3 is 44.3 Å². The number of carboxylic acids is 4. The van der Waals surface area contributed by atoms with E-state index in [1.54, 1.807) is 4.90 Å². The molecule has 0 radical (unpaired) electrons. The number of benzene rings is 1. The summed E-state index contributed by atoms with van der Waals surface area (Å²) in [5.41, 5.74) is 0.856. The third-order valence-electron chi connectivity index (χ3n) is 6.03. The average Bonchev–Trinajstić information content (AvgIpc) is 2.82. The van der Waals surface area contributed by atoms with Crippen molar-refractivity contribution in [3.8, 4) is 0 Å². The number of hydrogen-bond donors (Lipinski definition) is 0. The Morgan fingerprint density at radius 3 is 1.46 bits per heavy atom. The van der Waals surface area contributed by atoms with Gasteiger partial charge in [-0.05, 0) is 5.56 Å². The Morgan fingerprint density at radius 1 is 0.676 bits per heavy atom. The van der Waals surface area contributed by atoms with Gasteiger partial charge in [-0.1, -0.05) is 30.3 Å². The average molecular weight is 521 g/mol. The molecule has 2 rings (SSSR count). The Labute approximate surface area is 215 Å². The van der Waals surface area contributed by atoms with Gasteiger partial charge in [0.15, 0.2) is 0 Å². The predicted molar refractivity (Wildman–Crippen MR) is 121 cm³/mol. The monoisotopic (exact) mass is 520 g/mol. The number of ether oxygens (including phenoxy) is 1. The van der Waals surface area contributed by atoms with Gasteiger partial charge in [0, 0.05) is 72.0 Å². The lowest BCUT2D eigenvalue weighted by atomic mass is 10.2. The molecule has 0 saturated carbocycles. The van der Waals surface area contributed by atoms with E-state index in [2.05, 4.69) is 0 Å². The smallest absolute Gasteiger partial charge is 0.0731 e. The molecular weight excluding hydrogens is 488 g/mol. The van der Waals surface area contributed by atoms with Crippen LogP contribution in [0.2, 0.25) is 0 Å². The van der Waals surface area contributed by atoms with Crippen LogP contribution in [0.25, 0.3) is 0 Å². The van der Waals surface area contributed by atoms with E-state index in [-0.39, 0.29) is 65.6 Å². The Bertz CT molecular complexity index is 854. The van der Waals surface area contributed by atoms with Crippen molar-refractivity contribution in [2.24, 2.45) is 0 Å². The Morgan fingerprint density at radius 2 is 1.08 bits per heavy atom. The highest BCUT2D eigenvalue weighted by atomic mass is 16.5. The van der Waals surface area contributed by atoms with Gasteiger partial charge in [0.25, 0.3) is 0 Å². The Hall–Kier alpha value is -3.10. The number of carbonyl (C=O) groups is 4. The minimum Gasteiger partial charge on any atom is -0.549 e. The number of carbonyl (C=O) groups excluding carboxylic acids is 4. The van der Waals surface area contributed by atoms with Crippen LogP contribution in [0.1, 0.15) is 5.56 Å². The molecule has 1 aromatic rings. The first kappa shape index (κ1) is 30.1. The number of nitrogens with zero attached hydrogens (tertiary/aromatic N) is 4. The normalized spacial score (nSPS) is 18.4. The first-order valence-corrected chi connectivity index (χ1v) is 12.0. The van der Waals surface area contributed by atoms with Gasteiger partial charge in [-0.25, -0.2) is 0 Å². The summed E-state index contributed by atoms with van der Waals surface area (Å²) in [7, 11) is 0. The van der Waals surface area contributed by atoms with Crippen molar-refractivity contribution in [2.45, 2.75) is 12.6 Å². The standard InChI is InChI=1S/C24H36N4O9/c29-21(30)14-25-6-8-26(15-22(31)32)10-12-28(13-11-27(9-7-25)16-23(33)34)20(24(35)36)18-37-17-19-4-2-1-3-5-19/h1-5,20H,6-18H2,(H,29,30)(H,31,32)(H,33,34)(H,35,36)/p-4. The van der Waals surface area contributed by atoms with Crippen LogP contribution >= 0.6 is 0 Å². The summed E-state index contributed by atoms with van der Waals surface area (Å²) in [6, 6.07) is 8.01. The molecule has 0 spiro atoms. The van der Waals surface area contributed by atoms with Gasteiger partial charge in [-0.15, -0.1) is 0 Å². The summed E-state index contributed by atoms with van der Waals surface area (Å²) in [5, 5.41) is 45.7. The quantitative estimate of drug-likeness (QED) is 0.254. The van der Waals surface area contributed by atoms with E-state index < -0.39 is 49.6 Å². The number of aliphatic carboxylic acids is 4. The van der Waals surface area contributed by atoms with Crippen LogP contribution < -0.4 is 20.4 Å². The van der Waals surface area contributed by atoms with Crippen molar-refractivity contribution >= 4 is 23.9 Å². The maximum absolute atomic E-state index is 12.0. The molecule has 0 aliphatic carbocycles. The topological polar surface area (TPSA) is 183 Å². The van der Waals surface area contributed by atoms with Crippen molar-refractivity contribution in [1.82, 2.24) is 19.6 Å². The zero-order chi connectivity index (χ0) is 27.2. The molecule has 1 atom stereocenters. The van der Waals surface area contributed by atoms with Crippen molar-refractivity contribution in [2.75, 3.05) is 78.6 Å². The van der Waals surface area contributed by atoms with Gasteiger partial charge in [0.05, 0.1) is 43.1 Å². The molecule has 0 bridgehead atoms. The molecule has 1 heterocycles. The van der Waals surface area contributed by atoms with E-state index >= 15 is 0 Å². The van der Waals surface area contributed by atoms with Gasteiger partial charge in [-0.2, -0.15) is 0 Å². The summed E-state index contributed by atoms with van der Waals surface area (Å²) in [6.45, 7) is -0.115. The number of carboxylic acid groups (broad SMARTS) is 4. The van der Waals surface area contributed by atoms with Crippen molar-refractivity contribution in [3.63, 3.8) is 0 Å². The van der Waals surface area contributed by atoms with E-state index in [1.807, 2.05) is 30.3 Å². The highest BCUT2D eigenvalue weighted by Crippen LogP contribution is 2.07. The van der Waals surface area contributed by atoms with Gasteiger partial charge in [-0.3, -0.25) is 19.6 Å². The third kappa shape index (κ3) is 12.1. The molecular formula is C24H32N4O9-4. The molecule has 1 aliphatic heterocycles. The molecule has 1 aromatic carbocycles. The fourth-order valence-corrected chi connectivity index (χ4v) is 4.07. The fourth-order valence-electron chi connectivity index (χ4n) is 4.07. The van der Waals surface area contributed by atoms with E-state index in [9.17, 15) is 39.6 Å². The van der Waals surface area contributed by atoms with E-state index in [4.69, 9.17) is 4.74 Å². The maximum Gasteiger partial charge on any atom is 0.0731 e.